The van der Waals surface area contributed by atoms with Gasteiger partial charge in [-0.2, -0.15) is 0 Å². The molecule has 19 heavy (non-hydrogen) atoms. The van der Waals surface area contributed by atoms with Gasteiger partial charge < -0.3 is 19.6 Å². The highest BCUT2D eigenvalue weighted by Gasteiger charge is 2.38. The molecular formula is C13H20N2O4. The van der Waals surface area contributed by atoms with Gasteiger partial charge in [0.1, 0.15) is 6.54 Å². The summed E-state index contributed by atoms with van der Waals surface area (Å²) in [7, 11) is 0. The fourth-order valence-electron chi connectivity index (χ4n) is 2.96. The number of amides is 2. The van der Waals surface area contributed by atoms with E-state index in [2.05, 4.69) is 0 Å². The van der Waals surface area contributed by atoms with Gasteiger partial charge in [0.25, 0.3) is 0 Å². The molecule has 6 heteroatoms. The largest absolute Gasteiger partial charge is 0.480 e. The Kier molecular flexibility index (Phi) is 3.35. The summed E-state index contributed by atoms with van der Waals surface area (Å²) in [4.78, 5) is 26.6. The van der Waals surface area contributed by atoms with Gasteiger partial charge >= 0.3 is 12.0 Å². The Bertz CT molecular complexity index is 371. The minimum absolute atomic E-state index is 0.130. The number of urea groups is 1. The van der Waals surface area contributed by atoms with Crippen LogP contribution in [-0.4, -0.2) is 65.3 Å². The number of hydrogen-bond donors (Lipinski definition) is 1. The van der Waals surface area contributed by atoms with Gasteiger partial charge in [-0.1, -0.05) is 0 Å². The number of aliphatic carboxylic acids is 1. The van der Waals surface area contributed by atoms with Crippen molar-refractivity contribution in [3.8, 4) is 0 Å². The van der Waals surface area contributed by atoms with Crippen LogP contribution >= 0.6 is 0 Å². The molecule has 2 atom stereocenters. The fraction of sp³-hybridized carbons (Fsp3) is 0.846. The zero-order chi connectivity index (χ0) is 13.4. The first-order chi connectivity index (χ1) is 9.11. The summed E-state index contributed by atoms with van der Waals surface area (Å²) in [6, 6.07) is -0.130. The molecule has 0 spiro atoms. The predicted octanol–water partition coefficient (Wildman–Crippen LogP) is 0.766. The monoisotopic (exact) mass is 268 g/mol. The zero-order valence-corrected chi connectivity index (χ0v) is 11.0. The molecule has 0 aromatic rings. The number of carbonyl (C=O) groups is 2. The SMILES string of the molecule is O=C(O)CN(CC1CC1)C(=O)N1CC2CCC(C1)O2. The van der Waals surface area contributed by atoms with Gasteiger partial charge in [0, 0.05) is 19.6 Å². The molecule has 1 saturated carbocycles. The van der Waals surface area contributed by atoms with Crippen LogP contribution in [0.5, 0.6) is 0 Å². The van der Waals surface area contributed by atoms with Gasteiger partial charge in [-0.05, 0) is 31.6 Å². The smallest absolute Gasteiger partial charge is 0.323 e. The normalized spacial score (nSPS) is 29.4. The van der Waals surface area contributed by atoms with Crippen LogP contribution in [0.1, 0.15) is 25.7 Å². The number of carboxylic acids is 1. The molecule has 3 rings (SSSR count). The number of carbonyl (C=O) groups excluding carboxylic acids is 1. The van der Waals surface area contributed by atoms with Crippen molar-refractivity contribution in [1.29, 1.82) is 0 Å². The first-order valence-corrected chi connectivity index (χ1v) is 7.03. The summed E-state index contributed by atoms with van der Waals surface area (Å²) in [6.07, 6.45) is 4.53. The number of nitrogens with zero attached hydrogens (tertiary/aromatic N) is 2. The second kappa shape index (κ2) is 5.00. The molecule has 106 valence electrons. The number of ether oxygens (including phenoxy) is 1. The van der Waals surface area contributed by atoms with Crippen molar-refractivity contribution in [3.05, 3.63) is 0 Å². The van der Waals surface area contributed by atoms with E-state index in [0.29, 0.717) is 25.6 Å². The first kappa shape index (κ1) is 12.7. The van der Waals surface area contributed by atoms with Gasteiger partial charge in [-0.15, -0.1) is 0 Å². The third kappa shape index (κ3) is 3.00. The van der Waals surface area contributed by atoms with Gasteiger partial charge in [0.15, 0.2) is 0 Å². The van der Waals surface area contributed by atoms with Crippen LogP contribution in [0, 0.1) is 5.92 Å². The third-order valence-corrected chi connectivity index (χ3v) is 4.09. The van der Waals surface area contributed by atoms with Crippen LogP contribution in [0.15, 0.2) is 0 Å². The Labute approximate surface area is 112 Å². The lowest BCUT2D eigenvalue weighted by Crippen LogP contribution is -2.52. The molecule has 1 N–H and O–H groups in total. The number of likely N-dealkylation sites (tertiary alicyclic amines) is 1. The van der Waals surface area contributed by atoms with Gasteiger partial charge in [0.2, 0.25) is 0 Å². The zero-order valence-electron chi connectivity index (χ0n) is 11.0. The Hall–Kier alpha value is -1.30. The van der Waals surface area contributed by atoms with Crippen LogP contribution in [0.4, 0.5) is 4.79 Å². The first-order valence-electron chi connectivity index (χ1n) is 7.03. The maximum atomic E-state index is 12.4. The standard InChI is InChI=1S/C13H20N2O4/c16-12(17)8-14(5-9-1-2-9)13(18)15-6-10-3-4-11(7-15)19-10/h9-11H,1-8H2,(H,16,17). The molecular weight excluding hydrogens is 248 g/mol. The maximum Gasteiger partial charge on any atom is 0.323 e. The highest BCUT2D eigenvalue weighted by Crippen LogP contribution is 2.31. The Morgan fingerprint density at radius 3 is 2.32 bits per heavy atom. The lowest BCUT2D eigenvalue weighted by Gasteiger charge is -2.35. The van der Waals surface area contributed by atoms with Gasteiger partial charge in [0.05, 0.1) is 12.2 Å². The maximum absolute atomic E-state index is 12.4. The number of hydrogen-bond acceptors (Lipinski definition) is 3. The molecule has 2 saturated heterocycles. The molecule has 3 fully saturated rings. The summed E-state index contributed by atoms with van der Waals surface area (Å²) < 4.78 is 5.70. The lowest BCUT2D eigenvalue weighted by atomic mass is 10.2. The average molecular weight is 268 g/mol. The molecule has 3 aliphatic rings. The molecule has 2 bridgehead atoms. The van der Waals surface area contributed by atoms with Crippen LogP contribution in [0.25, 0.3) is 0 Å². The molecule has 6 nitrogen and oxygen atoms in total. The van der Waals surface area contributed by atoms with Crippen molar-refractivity contribution in [3.63, 3.8) is 0 Å². The summed E-state index contributed by atoms with van der Waals surface area (Å²) >= 11 is 0. The van der Waals surface area contributed by atoms with E-state index < -0.39 is 5.97 Å². The molecule has 1 aliphatic carbocycles. The topological polar surface area (TPSA) is 70.1 Å². The van der Waals surface area contributed by atoms with E-state index in [1.54, 1.807) is 4.90 Å². The van der Waals surface area contributed by atoms with Crippen LogP contribution in [0.2, 0.25) is 0 Å². The van der Waals surface area contributed by atoms with E-state index in [9.17, 15) is 9.59 Å². The van der Waals surface area contributed by atoms with Crippen molar-refractivity contribution in [2.24, 2.45) is 5.92 Å². The lowest BCUT2D eigenvalue weighted by molar-refractivity contribution is -0.137. The number of fused-ring (bicyclic) bond motifs is 2. The second-order valence-electron chi connectivity index (χ2n) is 5.86. The molecule has 0 aromatic heterocycles. The van der Waals surface area contributed by atoms with Crippen molar-refractivity contribution >= 4 is 12.0 Å². The van der Waals surface area contributed by atoms with E-state index in [-0.39, 0.29) is 24.8 Å². The summed E-state index contributed by atoms with van der Waals surface area (Å²) in [5.41, 5.74) is 0. The summed E-state index contributed by atoms with van der Waals surface area (Å²) in [5, 5.41) is 8.94. The highest BCUT2D eigenvalue weighted by molar-refractivity contribution is 5.80. The summed E-state index contributed by atoms with van der Waals surface area (Å²) in [5.74, 6) is -0.439. The average Bonchev–Trinajstić information content (AvgIpc) is 3.12. The van der Waals surface area contributed by atoms with Gasteiger partial charge in [-0.25, -0.2) is 4.79 Å². The molecule has 0 aromatic carbocycles. The molecule has 2 amide bonds. The van der Waals surface area contributed by atoms with E-state index in [4.69, 9.17) is 9.84 Å². The molecule has 0 radical (unpaired) electrons. The quantitative estimate of drug-likeness (QED) is 0.817. The van der Waals surface area contributed by atoms with E-state index in [1.165, 1.54) is 4.90 Å². The van der Waals surface area contributed by atoms with Crippen molar-refractivity contribution in [2.75, 3.05) is 26.2 Å². The number of rotatable bonds is 4. The predicted molar refractivity (Wildman–Crippen MR) is 66.8 cm³/mol. The number of morpholine rings is 1. The van der Waals surface area contributed by atoms with E-state index in [1.807, 2.05) is 0 Å². The Balaban J connectivity index is 1.63. The highest BCUT2D eigenvalue weighted by atomic mass is 16.5. The van der Waals surface area contributed by atoms with Crippen molar-refractivity contribution < 1.29 is 19.4 Å². The van der Waals surface area contributed by atoms with Gasteiger partial charge in [-0.3, -0.25) is 4.79 Å². The van der Waals surface area contributed by atoms with Crippen LogP contribution in [0.3, 0.4) is 0 Å². The van der Waals surface area contributed by atoms with Crippen molar-refractivity contribution in [1.82, 2.24) is 9.80 Å². The van der Waals surface area contributed by atoms with Crippen LogP contribution in [-0.2, 0) is 9.53 Å². The minimum atomic E-state index is -0.940. The fourth-order valence-corrected chi connectivity index (χ4v) is 2.96. The van der Waals surface area contributed by atoms with E-state index in [0.717, 1.165) is 25.7 Å². The minimum Gasteiger partial charge on any atom is -0.480 e. The Morgan fingerprint density at radius 2 is 1.79 bits per heavy atom. The molecule has 2 heterocycles. The number of carboxylic acid groups (broad SMARTS) is 1. The Morgan fingerprint density at radius 1 is 1.16 bits per heavy atom. The third-order valence-electron chi connectivity index (χ3n) is 4.09. The molecule has 2 unspecified atom stereocenters. The molecule has 2 aliphatic heterocycles. The van der Waals surface area contributed by atoms with Crippen LogP contribution < -0.4 is 0 Å². The van der Waals surface area contributed by atoms with E-state index >= 15 is 0 Å². The second-order valence-corrected chi connectivity index (χ2v) is 5.86. The van der Waals surface area contributed by atoms with Crippen molar-refractivity contribution in [2.45, 2.75) is 37.9 Å². The summed E-state index contributed by atoms with van der Waals surface area (Å²) in [6.45, 7) is 1.60.